The number of rotatable bonds is 6. The van der Waals surface area contributed by atoms with Gasteiger partial charge in [-0.3, -0.25) is 9.59 Å². The van der Waals surface area contributed by atoms with E-state index in [1.165, 1.54) is 21.0 Å². The average molecular weight is 677 g/mol. The van der Waals surface area contributed by atoms with Crippen LogP contribution in [0, 0.1) is 52.3 Å². The van der Waals surface area contributed by atoms with Gasteiger partial charge in [0.2, 0.25) is 0 Å². The van der Waals surface area contributed by atoms with Crippen LogP contribution < -0.4 is 0 Å². The number of allylic oxidation sites excluding steroid dienone is 2. The van der Waals surface area contributed by atoms with Crippen LogP contribution in [0.25, 0.3) is 0 Å². The number of esters is 4. The summed E-state index contributed by atoms with van der Waals surface area (Å²) < 4.78 is 23.0. The van der Waals surface area contributed by atoms with Crippen LogP contribution in [0.3, 0.4) is 0 Å². The molecule has 12 atom stereocenters. The molecule has 2 N–H and O–H groups in total. The standard InChI is InChI=1S/C38H44O11/c1-8-15(2)32(42)48-14-37(45)24-11-23(24)35(5)25(37)12-22-20(13-47-17(4)39)34(44)49-38(22)26(35)10-19-18-9-21(18)36(6)28(19)29(38)27(30(40)31(36)41)16(3)33(43)46-7/h8,18,21,23-26,29,31,41,45H,9-14H2,1-7H3/b15-8+,27-16-/t18-,21-,23-,24+,25-,26+,29+,31+,35+,36+,37+,38+/m1/s1. The normalized spacial score (nSPS) is 46.1. The lowest BCUT2D eigenvalue weighted by Crippen LogP contribution is -2.67. The van der Waals surface area contributed by atoms with E-state index >= 15 is 0 Å². The Morgan fingerprint density at radius 1 is 0.980 bits per heavy atom. The number of ketones is 1. The second-order valence-electron chi connectivity index (χ2n) is 16.2. The highest BCUT2D eigenvalue weighted by Gasteiger charge is 2.84. The first kappa shape index (κ1) is 32.6. The van der Waals surface area contributed by atoms with Gasteiger partial charge in [0.15, 0.2) is 5.78 Å². The lowest BCUT2D eigenvalue weighted by atomic mass is 9.42. The van der Waals surface area contributed by atoms with Crippen molar-refractivity contribution in [2.75, 3.05) is 20.3 Å². The third-order valence-corrected chi connectivity index (χ3v) is 14.6. The number of carbonyl (C=O) groups excluding carboxylic acids is 5. The Hall–Kier alpha value is -3.57. The summed E-state index contributed by atoms with van der Waals surface area (Å²) in [5, 5.41) is 24.4. The van der Waals surface area contributed by atoms with E-state index in [9.17, 15) is 34.2 Å². The highest BCUT2D eigenvalue weighted by atomic mass is 16.6. The van der Waals surface area contributed by atoms with Crippen LogP contribution in [-0.4, -0.2) is 77.5 Å². The summed E-state index contributed by atoms with van der Waals surface area (Å²) >= 11 is 0. The molecule has 1 heterocycles. The van der Waals surface area contributed by atoms with Gasteiger partial charge in [-0.05, 0) is 86.7 Å². The molecule has 0 radical (unpaired) electrons. The minimum absolute atomic E-state index is 0.0209. The highest BCUT2D eigenvalue weighted by Crippen LogP contribution is 2.83. The number of fused-ring (bicyclic) bond motifs is 7. The van der Waals surface area contributed by atoms with E-state index < -0.39 is 75.6 Å². The molecule has 0 unspecified atom stereocenters. The fraction of sp³-hybridized carbons (Fsp3) is 0.658. The summed E-state index contributed by atoms with van der Waals surface area (Å²) in [5.41, 5.74) is -1.10. The van der Waals surface area contributed by atoms with Crippen LogP contribution in [0.15, 0.2) is 45.1 Å². The first-order chi connectivity index (χ1) is 23.0. The lowest BCUT2D eigenvalue weighted by Gasteiger charge is -2.63. The molecule has 5 fully saturated rings. The summed E-state index contributed by atoms with van der Waals surface area (Å²) in [5.74, 6) is -4.77. The zero-order chi connectivity index (χ0) is 35.3. The minimum atomic E-state index is -1.44. The van der Waals surface area contributed by atoms with Crippen molar-refractivity contribution < 1.29 is 53.1 Å². The number of carbonyl (C=O) groups is 5. The largest absolute Gasteiger partial charge is 0.466 e. The van der Waals surface area contributed by atoms with Crippen LogP contribution in [0.5, 0.6) is 0 Å². The number of hydrogen-bond donors (Lipinski definition) is 2. The summed E-state index contributed by atoms with van der Waals surface area (Å²) in [6, 6.07) is 0. The van der Waals surface area contributed by atoms with Crippen LogP contribution in [0.2, 0.25) is 0 Å². The van der Waals surface area contributed by atoms with E-state index in [2.05, 4.69) is 6.92 Å². The van der Waals surface area contributed by atoms with Gasteiger partial charge >= 0.3 is 23.9 Å². The van der Waals surface area contributed by atoms with E-state index in [1.807, 2.05) is 6.92 Å². The third-order valence-electron chi connectivity index (χ3n) is 14.6. The molecular formula is C38H44O11. The monoisotopic (exact) mass is 676 g/mol. The van der Waals surface area contributed by atoms with Gasteiger partial charge < -0.3 is 29.2 Å². The second kappa shape index (κ2) is 10.0. The smallest absolute Gasteiger partial charge is 0.338 e. The third kappa shape index (κ3) is 3.73. The first-order valence-corrected chi connectivity index (χ1v) is 17.4. The molecule has 0 bridgehead atoms. The summed E-state index contributed by atoms with van der Waals surface area (Å²) in [4.78, 5) is 66.8. The number of aliphatic hydroxyl groups is 2. The quantitative estimate of drug-likeness (QED) is 0.184. The summed E-state index contributed by atoms with van der Waals surface area (Å²) in [6.45, 7) is 9.67. The van der Waals surface area contributed by atoms with Crippen molar-refractivity contribution >= 4 is 29.7 Å². The number of methoxy groups -OCH3 is 1. The van der Waals surface area contributed by atoms with Gasteiger partial charge in [-0.25, -0.2) is 14.4 Å². The average Bonchev–Trinajstić information content (AvgIpc) is 3.98. The van der Waals surface area contributed by atoms with Crippen molar-refractivity contribution in [2.24, 2.45) is 52.3 Å². The molecule has 1 aliphatic heterocycles. The highest BCUT2D eigenvalue weighted by molar-refractivity contribution is 6.09. The summed E-state index contributed by atoms with van der Waals surface area (Å²) in [6.07, 6.45) is 2.50. The predicted molar refractivity (Wildman–Crippen MR) is 170 cm³/mol. The maximum atomic E-state index is 14.5. The first-order valence-electron chi connectivity index (χ1n) is 17.4. The van der Waals surface area contributed by atoms with E-state index in [4.69, 9.17) is 18.9 Å². The zero-order valence-corrected chi connectivity index (χ0v) is 29.0. The molecule has 1 spiro atoms. The van der Waals surface area contributed by atoms with Crippen molar-refractivity contribution in [1.82, 2.24) is 0 Å². The Morgan fingerprint density at radius 2 is 1.69 bits per heavy atom. The molecule has 11 nitrogen and oxygen atoms in total. The van der Waals surface area contributed by atoms with Gasteiger partial charge in [-0.1, -0.05) is 25.5 Å². The molecule has 11 heteroatoms. The maximum Gasteiger partial charge on any atom is 0.338 e. The Balaban J connectivity index is 1.37. The van der Waals surface area contributed by atoms with E-state index in [-0.39, 0.29) is 60.0 Å². The van der Waals surface area contributed by atoms with Crippen LogP contribution in [0.4, 0.5) is 0 Å². The molecule has 0 aromatic rings. The fourth-order valence-electron chi connectivity index (χ4n) is 12.1. The number of Topliss-reactive ketones (excluding diaryl/α,β-unsaturated/α-hetero) is 1. The molecule has 5 saturated carbocycles. The Kier molecular flexibility index (Phi) is 6.67. The van der Waals surface area contributed by atoms with Crippen LogP contribution in [0.1, 0.15) is 67.2 Å². The lowest BCUT2D eigenvalue weighted by molar-refractivity contribution is -0.191. The van der Waals surface area contributed by atoms with Gasteiger partial charge in [0.25, 0.3) is 0 Å². The van der Waals surface area contributed by atoms with Crippen molar-refractivity contribution in [3.8, 4) is 0 Å². The van der Waals surface area contributed by atoms with Crippen molar-refractivity contribution in [3.05, 3.63) is 45.1 Å². The van der Waals surface area contributed by atoms with Gasteiger partial charge in [0.05, 0.1) is 18.6 Å². The van der Waals surface area contributed by atoms with Crippen LogP contribution >= 0.6 is 0 Å². The molecule has 8 aliphatic rings. The molecule has 0 aromatic heterocycles. The van der Waals surface area contributed by atoms with E-state index in [1.54, 1.807) is 19.9 Å². The fourth-order valence-corrected chi connectivity index (χ4v) is 12.1. The number of ether oxygens (including phenoxy) is 4. The number of aliphatic hydroxyl groups excluding tert-OH is 1. The molecule has 7 aliphatic carbocycles. The molecular weight excluding hydrogens is 632 g/mol. The predicted octanol–water partition coefficient (Wildman–Crippen LogP) is 3.08. The van der Waals surface area contributed by atoms with Gasteiger partial charge in [0.1, 0.15) is 30.5 Å². The second-order valence-corrected chi connectivity index (χ2v) is 16.2. The van der Waals surface area contributed by atoms with Crippen molar-refractivity contribution in [2.45, 2.75) is 84.5 Å². The van der Waals surface area contributed by atoms with Crippen LogP contribution in [-0.2, 0) is 42.9 Å². The molecule has 0 aromatic carbocycles. The maximum absolute atomic E-state index is 14.5. The van der Waals surface area contributed by atoms with E-state index in [0.29, 0.717) is 24.0 Å². The molecule has 8 rings (SSSR count). The minimum Gasteiger partial charge on any atom is -0.466 e. The summed E-state index contributed by atoms with van der Waals surface area (Å²) in [7, 11) is 1.24. The van der Waals surface area contributed by atoms with Gasteiger partial charge in [0, 0.05) is 40.9 Å². The topological polar surface area (TPSA) is 163 Å². The number of hydrogen-bond acceptors (Lipinski definition) is 11. The zero-order valence-electron chi connectivity index (χ0n) is 29.0. The molecule has 0 amide bonds. The Labute approximate surface area is 284 Å². The SMILES string of the molecule is C/C=C(\C)C(=O)OC[C@]1(O)[C@H]2C[C@H]2[C@]2(C)[C@@H]3CC4=C5[C@H](/C(=C(\C)C(=O)OC)C(=O)[C@H](O)[C@@]5(C)[C@@H]5C[C@H]45)[C@@]34OC(=O)C(COC(C)=O)=C4C[C@@H]12. The molecule has 0 saturated heterocycles. The molecule has 49 heavy (non-hydrogen) atoms. The van der Waals surface area contributed by atoms with Crippen molar-refractivity contribution in [1.29, 1.82) is 0 Å². The van der Waals surface area contributed by atoms with Gasteiger partial charge in [-0.15, -0.1) is 0 Å². The van der Waals surface area contributed by atoms with Crippen molar-refractivity contribution in [3.63, 3.8) is 0 Å². The van der Waals surface area contributed by atoms with E-state index in [0.717, 1.165) is 17.6 Å². The van der Waals surface area contributed by atoms with Gasteiger partial charge in [-0.2, -0.15) is 0 Å². The Bertz CT molecular complexity index is 1800. The molecule has 262 valence electrons. The Morgan fingerprint density at radius 3 is 2.35 bits per heavy atom.